The van der Waals surface area contributed by atoms with Crippen molar-refractivity contribution >= 4 is 18.0 Å². The van der Waals surface area contributed by atoms with Crippen molar-refractivity contribution in [2.75, 3.05) is 26.9 Å². The number of allylic oxidation sites excluding steroid dienone is 1. The average molecular weight is 946 g/mol. The SMILES string of the molecule is COc1cc(C=C(CC2c3cc(CCO)ccc3CCC2CO)C(=O)OC2C(OC(=O)CCC3CC(C)CCC34C=CC(CC(C)C)C(O)C4)C(O)C3OC2(O)C=CC3NCC(C)O)ccc1O. The lowest BCUT2D eigenvalue weighted by Gasteiger charge is -2.51. The van der Waals surface area contributed by atoms with Crippen molar-refractivity contribution in [2.24, 2.45) is 35.0 Å². The first kappa shape index (κ1) is 51.7. The number of phenols is 1. The predicted octanol–water partition coefficient (Wildman–Crippen LogP) is 5.41. The Morgan fingerprint density at radius 3 is 2.53 bits per heavy atom. The van der Waals surface area contributed by atoms with Gasteiger partial charge in [0.05, 0.1) is 25.4 Å². The van der Waals surface area contributed by atoms with E-state index in [1.165, 1.54) is 19.3 Å². The number of carbonyl (C=O) groups excluding carboxylic acids is 2. The van der Waals surface area contributed by atoms with Crippen LogP contribution in [0.5, 0.6) is 11.5 Å². The van der Waals surface area contributed by atoms with Gasteiger partial charge in [0.2, 0.25) is 5.79 Å². The number of esters is 2. The molecule has 3 aliphatic carbocycles. The Morgan fingerprint density at radius 2 is 1.82 bits per heavy atom. The highest BCUT2D eigenvalue weighted by molar-refractivity contribution is 5.94. The van der Waals surface area contributed by atoms with Crippen LogP contribution in [0.15, 0.2) is 66.3 Å². The molecule has 0 amide bonds. The van der Waals surface area contributed by atoms with Gasteiger partial charge in [0.25, 0.3) is 0 Å². The topological polar surface area (TPSA) is 225 Å². The molecular formula is C54H75NO13. The lowest BCUT2D eigenvalue weighted by atomic mass is 9.57. The van der Waals surface area contributed by atoms with E-state index in [0.717, 1.165) is 42.4 Å². The summed E-state index contributed by atoms with van der Waals surface area (Å²) in [7, 11) is 1.41. The van der Waals surface area contributed by atoms with Gasteiger partial charge in [-0.25, -0.2) is 4.79 Å². The van der Waals surface area contributed by atoms with Crippen LogP contribution in [0.4, 0.5) is 0 Å². The van der Waals surface area contributed by atoms with E-state index in [9.17, 15) is 45.3 Å². The summed E-state index contributed by atoms with van der Waals surface area (Å²) in [6.07, 6.45) is 8.16. The minimum atomic E-state index is -2.36. The Balaban J connectivity index is 1.20. The van der Waals surface area contributed by atoms with Crippen molar-refractivity contribution in [3.05, 3.63) is 88.5 Å². The molecular weight excluding hydrogens is 871 g/mol. The van der Waals surface area contributed by atoms with Crippen molar-refractivity contribution < 1.29 is 64.3 Å². The molecule has 2 aliphatic heterocycles. The molecule has 2 bridgehead atoms. The highest BCUT2D eigenvalue weighted by atomic mass is 16.7. The summed E-state index contributed by atoms with van der Waals surface area (Å²) in [6.45, 7) is 8.04. The molecule has 5 aliphatic rings. The molecule has 1 spiro atoms. The normalized spacial score (nSPS) is 33.8. The molecule has 2 heterocycles. The van der Waals surface area contributed by atoms with Crippen LogP contribution in [0.2, 0.25) is 0 Å². The Labute approximate surface area is 401 Å². The molecule has 1 saturated heterocycles. The van der Waals surface area contributed by atoms with Crippen LogP contribution in [0.25, 0.3) is 6.08 Å². The second-order valence-corrected chi connectivity index (χ2v) is 20.9. The molecule has 0 aromatic heterocycles. The van der Waals surface area contributed by atoms with Crippen molar-refractivity contribution in [3.63, 3.8) is 0 Å². The summed E-state index contributed by atoms with van der Waals surface area (Å²) < 4.78 is 24.0. The number of aryl methyl sites for hydroxylation is 1. The lowest BCUT2D eigenvalue weighted by molar-refractivity contribution is -0.333. The number of phenolic OH excluding ortho intramolecular Hbond substituents is 1. The molecule has 1 saturated carbocycles. The first-order valence-electron chi connectivity index (χ1n) is 24.8. The molecule has 14 nitrogen and oxygen atoms in total. The van der Waals surface area contributed by atoms with Gasteiger partial charge in [0.15, 0.2) is 23.7 Å². The number of ether oxygens (including phenoxy) is 4. The van der Waals surface area contributed by atoms with Crippen molar-refractivity contribution in [1.29, 1.82) is 0 Å². The molecule has 14 heteroatoms. The third-order valence-electron chi connectivity index (χ3n) is 15.4. The van der Waals surface area contributed by atoms with E-state index in [0.29, 0.717) is 49.5 Å². The first-order valence-corrected chi connectivity index (χ1v) is 24.8. The molecule has 2 fully saturated rings. The zero-order valence-corrected chi connectivity index (χ0v) is 40.3. The molecule has 2 aromatic rings. The number of rotatable bonds is 18. The van der Waals surface area contributed by atoms with Gasteiger partial charge in [-0.05, 0) is 153 Å². The molecule has 8 N–H and O–H groups in total. The second-order valence-electron chi connectivity index (χ2n) is 20.9. The Bertz CT molecular complexity index is 2150. The summed E-state index contributed by atoms with van der Waals surface area (Å²) in [5.74, 6) is -3.45. The van der Waals surface area contributed by atoms with Gasteiger partial charge in [-0.1, -0.05) is 63.3 Å². The minimum Gasteiger partial charge on any atom is -0.504 e. The fourth-order valence-electron chi connectivity index (χ4n) is 11.7. The van der Waals surface area contributed by atoms with Gasteiger partial charge in [-0.2, -0.15) is 0 Å². The maximum absolute atomic E-state index is 15.0. The quantitative estimate of drug-likeness (QED) is 0.0532. The molecule has 14 atom stereocenters. The molecule has 68 heavy (non-hydrogen) atoms. The molecule has 2 aromatic carbocycles. The Morgan fingerprint density at radius 1 is 1.03 bits per heavy atom. The van der Waals surface area contributed by atoms with Crippen molar-refractivity contribution in [3.8, 4) is 11.5 Å². The monoisotopic (exact) mass is 946 g/mol. The summed E-state index contributed by atoms with van der Waals surface area (Å²) >= 11 is 0. The van der Waals surface area contributed by atoms with E-state index >= 15 is 0 Å². The fraction of sp³-hybridized carbons (Fsp3) is 0.630. The number of hydrogen-bond donors (Lipinski definition) is 8. The van der Waals surface area contributed by atoms with Crippen molar-refractivity contribution in [1.82, 2.24) is 5.32 Å². The average Bonchev–Trinajstić information content (AvgIpc) is 3.30. The predicted molar refractivity (Wildman–Crippen MR) is 255 cm³/mol. The van der Waals surface area contributed by atoms with Crippen LogP contribution in [-0.4, -0.2) is 123 Å². The number of carbonyl (C=O) groups is 2. The maximum Gasteiger partial charge on any atom is 0.334 e. The number of fused-ring (bicyclic) bond motifs is 3. The Hall–Kier alpha value is -4.12. The first-order chi connectivity index (χ1) is 32.5. The van der Waals surface area contributed by atoms with E-state index in [1.54, 1.807) is 31.2 Å². The minimum absolute atomic E-state index is 0.0262. The summed E-state index contributed by atoms with van der Waals surface area (Å²) in [6, 6.07) is 9.88. The van der Waals surface area contributed by atoms with E-state index < -0.39 is 60.4 Å². The zero-order chi connectivity index (χ0) is 48.9. The van der Waals surface area contributed by atoms with Gasteiger partial charge < -0.3 is 60.0 Å². The second kappa shape index (κ2) is 22.3. The fourth-order valence-corrected chi connectivity index (χ4v) is 11.7. The standard InChI is InChI=1S/C54H75NO13/c1-31(2)22-37-15-19-53(28-45(37)60)18-14-32(3)23-40(53)11-13-47(61)66-50-48(62)49-43(55-29-33(4)58)16-20-54(64,68-49)51(50)67-52(63)39(24-35-7-12-44(59)46(26-35)65-5)27-42-38(30-57)10-9-36-8-6-34(17-21-56)25-41(36)42/h6-8,12,15-16,19-20,24-26,31-33,37-38,40,42-43,45,48-51,55-60,62,64H,9-11,13-14,17-18,21-23,27-30H2,1-5H3. The van der Waals surface area contributed by atoms with Gasteiger partial charge in [-0.15, -0.1) is 0 Å². The number of nitrogens with one attached hydrogen (secondary N) is 1. The van der Waals surface area contributed by atoms with E-state index in [1.807, 2.05) is 18.2 Å². The number of aromatic hydroxyl groups is 1. The highest BCUT2D eigenvalue weighted by Gasteiger charge is 2.60. The number of benzene rings is 2. The van der Waals surface area contributed by atoms with Gasteiger partial charge in [-0.3, -0.25) is 4.79 Å². The largest absolute Gasteiger partial charge is 0.504 e. The summed E-state index contributed by atoms with van der Waals surface area (Å²) in [5, 5.41) is 79.9. The van der Waals surface area contributed by atoms with Crippen LogP contribution in [0.1, 0.15) is 114 Å². The molecule has 7 rings (SSSR count). The Kier molecular flexibility index (Phi) is 17.0. The summed E-state index contributed by atoms with van der Waals surface area (Å²) in [4.78, 5) is 29.2. The number of aliphatic hydroxyl groups excluding tert-OH is 5. The van der Waals surface area contributed by atoms with Crippen LogP contribution in [-0.2, 0) is 36.6 Å². The van der Waals surface area contributed by atoms with Gasteiger partial charge >= 0.3 is 11.9 Å². The third kappa shape index (κ3) is 11.7. The van der Waals surface area contributed by atoms with Gasteiger partial charge in [0, 0.05) is 37.7 Å². The van der Waals surface area contributed by atoms with E-state index in [2.05, 4.69) is 38.2 Å². The third-order valence-corrected chi connectivity index (χ3v) is 15.4. The number of aliphatic hydroxyl groups is 6. The van der Waals surface area contributed by atoms with Crippen LogP contribution in [0.3, 0.4) is 0 Å². The van der Waals surface area contributed by atoms with Crippen LogP contribution >= 0.6 is 0 Å². The zero-order valence-electron chi connectivity index (χ0n) is 40.3. The highest BCUT2D eigenvalue weighted by Crippen LogP contribution is 2.53. The van der Waals surface area contributed by atoms with E-state index in [4.69, 9.17) is 18.9 Å². The molecule has 0 radical (unpaired) electrons. The molecule has 374 valence electrons. The van der Waals surface area contributed by atoms with Crippen molar-refractivity contribution in [2.45, 2.75) is 153 Å². The smallest absolute Gasteiger partial charge is 0.334 e. The van der Waals surface area contributed by atoms with Gasteiger partial charge in [0.1, 0.15) is 12.2 Å². The summed E-state index contributed by atoms with van der Waals surface area (Å²) in [5.41, 5.74) is 3.23. The van der Waals surface area contributed by atoms with Crippen LogP contribution in [0, 0.1) is 35.0 Å². The number of hydrogen-bond acceptors (Lipinski definition) is 14. The number of methoxy groups -OCH3 is 1. The van der Waals surface area contributed by atoms with Crippen LogP contribution < -0.4 is 10.1 Å². The maximum atomic E-state index is 15.0. The lowest BCUT2D eigenvalue weighted by Crippen LogP contribution is -2.71. The van der Waals surface area contributed by atoms with E-state index in [-0.39, 0.29) is 78.8 Å². The molecule has 14 unspecified atom stereocenters.